The van der Waals surface area contributed by atoms with Crippen LogP contribution < -0.4 is 9.47 Å². The van der Waals surface area contributed by atoms with E-state index in [1.54, 1.807) is 0 Å². The molecule has 28 heavy (non-hydrogen) atoms. The number of esters is 2. The first-order valence-electron chi connectivity index (χ1n) is 9.96. The SMILES string of the molecule is CC(=O)Oc1ccc2c3c1O[C@@H]1[C@@H](OC(C)=O)[C@H]4O[C@H]4[C@H]4[C@@H](C2)N(C)CC[C@@]341. The lowest BCUT2D eigenvalue weighted by atomic mass is 9.51. The third-order valence-corrected chi connectivity index (χ3v) is 7.40. The summed E-state index contributed by atoms with van der Waals surface area (Å²) in [4.78, 5) is 25.9. The zero-order chi connectivity index (χ0) is 19.4. The maximum Gasteiger partial charge on any atom is 0.308 e. The van der Waals surface area contributed by atoms with Crippen LogP contribution in [0.3, 0.4) is 0 Å². The maximum absolute atomic E-state index is 11.8. The molecule has 6 rings (SSSR count). The zero-order valence-electron chi connectivity index (χ0n) is 16.1. The van der Waals surface area contributed by atoms with Gasteiger partial charge in [-0.3, -0.25) is 9.59 Å². The summed E-state index contributed by atoms with van der Waals surface area (Å²) < 4.78 is 23.8. The molecule has 0 N–H and O–H groups in total. The van der Waals surface area contributed by atoms with E-state index in [4.69, 9.17) is 18.9 Å². The van der Waals surface area contributed by atoms with Crippen LogP contribution in [0.1, 0.15) is 31.4 Å². The number of hydrogen-bond donors (Lipinski definition) is 0. The van der Waals surface area contributed by atoms with Crippen molar-refractivity contribution < 1.29 is 28.5 Å². The number of likely N-dealkylation sites (tertiary alicyclic amines) is 1. The molecular formula is C21H23NO6. The van der Waals surface area contributed by atoms with Crippen molar-refractivity contribution >= 4 is 11.9 Å². The van der Waals surface area contributed by atoms with Gasteiger partial charge in [-0.1, -0.05) is 6.07 Å². The van der Waals surface area contributed by atoms with E-state index in [-0.39, 0.29) is 41.6 Å². The number of carbonyl (C=O) groups excluding carboxylic acids is 2. The van der Waals surface area contributed by atoms with Crippen LogP contribution in [0.15, 0.2) is 12.1 Å². The van der Waals surface area contributed by atoms with Gasteiger partial charge < -0.3 is 23.8 Å². The second-order valence-corrected chi connectivity index (χ2v) is 8.77. The highest BCUT2D eigenvalue weighted by atomic mass is 16.6. The summed E-state index contributed by atoms with van der Waals surface area (Å²) in [5.74, 6) is 0.707. The van der Waals surface area contributed by atoms with Gasteiger partial charge in [0.25, 0.3) is 0 Å². The number of carbonyl (C=O) groups is 2. The van der Waals surface area contributed by atoms with Crippen molar-refractivity contribution in [2.24, 2.45) is 5.92 Å². The first-order chi connectivity index (χ1) is 13.4. The number of benzene rings is 1. The Hall–Kier alpha value is -2.12. The predicted octanol–water partition coefficient (Wildman–Crippen LogP) is 1.20. The van der Waals surface area contributed by atoms with Gasteiger partial charge in [-0.05, 0) is 38.1 Å². The Kier molecular flexibility index (Phi) is 3.16. The Morgan fingerprint density at radius 3 is 2.79 bits per heavy atom. The van der Waals surface area contributed by atoms with E-state index < -0.39 is 6.10 Å². The summed E-state index contributed by atoms with van der Waals surface area (Å²) in [6.07, 6.45) is 1.04. The van der Waals surface area contributed by atoms with Gasteiger partial charge in [-0.25, -0.2) is 0 Å². The van der Waals surface area contributed by atoms with Gasteiger partial charge in [0.15, 0.2) is 17.6 Å². The fourth-order valence-electron chi connectivity index (χ4n) is 6.51. The van der Waals surface area contributed by atoms with Crippen molar-refractivity contribution in [3.63, 3.8) is 0 Å². The van der Waals surface area contributed by atoms with Crippen molar-refractivity contribution in [1.82, 2.24) is 4.90 Å². The highest BCUT2D eigenvalue weighted by Crippen LogP contribution is 2.67. The summed E-state index contributed by atoms with van der Waals surface area (Å²) in [5.41, 5.74) is 2.12. The molecule has 1 aromatic rings. The van der Waals surface area contributed by atoms with E-state index in [9.17, 15) is 9.59 Å². The lowest BCUT2D eigenvalue weighted by molar-refractivity contribution is -0.160. The Morgan fingerprint density at radius 2 is 2.04 bits per heavy atom. The molecular weight excluding hydrogens is 362 g/mol. The van der Waals surface area contributed by atoms with Crippen LogP contribution in [0, 0.1) is 5.92 Å². The molecule has 0 unspecified atom stereocenters. The summed E-state index contributed by atoms with van der Waals surface area (Å²) in [7, 11) is 2.18. The molecule has 2 aliphatic carbocycles. The van der Waals surface area contributed by atoms with Crippen molar-refractivity contribution in [2.75, 3.05) is 13.6 Å². The average Bonchev–Trinajstić information content (AvgIpc) is 3.34. The first-order valence-corrected chi connectivity index (χ1v) is 9.96. The molecule has 148 valence electrons. The predicted molar refractivity (Wildman–Crippen MR) is 96.3 cm³/mol. The van der Waals surface area contributed by atoms with Crippen LogP contribution in [0.5, 0.6) is 11.5 Å². The lowest BCUT2D eigenvalue weighted by Gasteiger charge is -2.57. The standard InChI is InChI=1S/C21H23NO6/c1-9(23)25-13-5-4-11-8-12-15-17-18(27-17)19(26-10(2)24)20-21(15,6-7-22(12)3)14(11)16(13)28-20/h4-5,12,15,17-20H,6-8H2,1-3H3/t12-,15-,17+,18+,19+,20-,21-/m1/s1. The molecule has 3 fully saturated rings. The minimum atomic E-state index is -0.439. The van der Waals surface area contributed by atoms with Gasteiger partial charge in [0.1, 0.15) is 12.2 Å². The fraction of sp³-hybridized carbons (Fsp3) is 0.619. The summed E-state index contributed by atoms with van der Waals surface area (Å²) in [6.45, 7) is 3.77. The number of epoxide rings is 1. The van der Waals surface area contributed by atoms with Gasteiger partial charge >= 0.3 is 11.9 Å². The minimum absolute atomic E-state index is 0.0773. The quantitative estimate of drug-likeness (QED) is 0.430. The fourth-order valence-corrected chi connectivity index (χ4v) is 6.51. The highest BCUT2D eigenvalue weighted by molar-refractivity contribution is 5.73. The maximum atomic E-state index is 11.8. The van der Waals surface area contributed by atoms with Crippen molar-refractivity contribution in [2.45, 2.75) is 62.6 Å². The number of rotatable bonds is 2. The monoisotopic (exact) mass is 385 g/mol. The second kappa shape index (κ2) is 5.27. The number of likely N-dealkylation sites (N-methyl/N-ethyl adjacent to an activating group) is 1. The molecule has 1 aromatic carbocycles. The molecule has 1 saturated carbocycles. The van der Waals surface area contributed by atoms with Gasteiger partial charge in [0, 0.05) is 36.8 Å². The van der Waals surface area contributed by atoms with Crippen LogP contribution in [-0.2, 0) is 30.9 Å². The second-order valence-electron chi connectivity index (χ2n) is 8.77. The summed E-state index contributed by atoms with van der Waals surface area (Å²) in [5, 5.41) is 0. The molecule has 7 atom stereocenters. The van der Waals surface area contributed by atoms with Gasteiger partial charge in [-0.15, -0.1) is 0 Å². The molecule has 7 heteroatoms. The summed E-state index contributed by atoms with van der Waals surface area (Å²) in [6, 6.07) is 4.26. The van der Waals surface area contributed by atoms with Crippen molar-refractivity contribution in [3.8, 4) is 11.5 Å². The molecule has 7 nitrogen and oxygen atoms in total. The number of fused-ring (bicyclic) bond motifs is 1. The van der Waals surface area contributed by atoms with Crippen LogP contribution in [0.25, 0.3) is 0 Å². The van der Waals surface area contributed by atoms with Gasteiger partial charge in [0.2, 0.25) is 0 Å². The largest absolute Gasteiger partial charge is 0.481 e. The highest BCUT2D eigenvalue weighted by Gasteiger charge is 2.76. The molecule has 2 bridgehead atoms. The molecule has 0 amide bonds. The molecule has 0 aromatic heterocycles. The van der Waals surface area contributed by atoms with Gasteiger partial charge in [0.05, 0.1) is 6.10 Å². The Bertz CT molecular complexity index is 914. The molecule has 3 heterocycles. The van der Waals surface area contributed by atoms with Crippen LogP contribution >= 0.6 is 0 Å². The van der Waals surface area contributed by atoms with E-state index in [1.165, 1.54) is 19.4 Å². The molecule has 0 radical (unpaired) electrons. The molecule has 3 aliphatic heterocycles. The van der Waals surface area contributed by atoms with Crippen molar-refractivity contribution in [1.29, 1.82) is 0 Å². The summed E-state index contributed by atoms with van der Waals surface area (Å²) >= 11 is 0. The zero-order valence-corrected chi connectivity index (χ0v) is 16.1. The van der Waals surface area contributed by atoms with Gasteiger partial charge in [-0.2, -0.15) is 0 Å². The minimum Gasteiger partial charge on any atom is -0.481 e. The first kappa shape index (κ1) is 16.8. The van der Waals surface area contributed by atoms with E-state index in [1.807, 2.05) is 6.07 Å². The van der Waals surface area contributed by atoms with Crippen LogP contribution in [0.4, 0.5) is 0 Å². The number of hydrogen-bond acceptors (Lipinski definition) is 7. The topological polar surface area (TPSA) is 77.6 Å². The third-order valence-electron chi connectivity index (χ3n) is 7.40. The smallest absolute Gasteiger partial charge is 0.308 e. The average molecular weight is 385 g/mol. The Balaban J connectivity index is 1.56. The number of piperidine rings is 1. The third kappa shape index (κ3) is 1.91. The molecule has 2 saturated heterocycles. The van der Waals surface area contributed by atoms with E-state index in [0.717, 1.165) is 24.9 Å². The Labute approximate surface area is 162 Å². The van der Waals surface area contributed by atoms with E-state index >= 15 is 0 Å². The molecule has 5 aliphatic rings. The van der Waals surface area contributed by atoms with Crippen molar-refractivity contribution in [3.05, 3.63) is 23.3 Å². The number of ether oxygens (including phenoxy) is 4. The van der Waals surface area contributed by atoms with E-state index in [2.05, 4.69) is 18.0 Å². The van der Waals surface area contributed by atoms with Crippen LogP contribution in [-0.4, -0.2) is 60.9 Å². The van der Waals surface area contributed by atoms with Crippen LogP contribution in [0.2, 0.25) is 0 Å². The number of nitrogens with zero attached hydrogens (tertiary/aromatic N) is 1. The Morgan fingerprint density at radius 1 is 1.21 bits per heavy atom. The molecule has 1 spiro atoms. The normalized spacial score (nSPS) is 41.4. The van der Waals surface area contributed by atoms with E-state index in [0.29, 0.717) is 17.5 Å². The lowest BCUT2D eigenvalue weighted by Crippen LogP contribution is -2.69.